The highest BCUT2D eigenvalue weighted by Crippen LogP contribution is 2.32. The van der Waals surface area contributed by atoms with Crippen molar-refractivity contribution >= 4 is 29.7 Å². The number of fused-ring (bicyclic) bond motifs is 1. The number of hydrazine groups is 1. The van der Waals surface area contributed by atoms with Gasteiger partial charge in [-0.1, -0.05) is 24.3 Å². The predicted octanol–water partition coefficient (Wildman–Crippen LogP) is 1.01. The first kappa shape index (κ1) is 19.9. The van der Waals surface area contributed by atoms with E-state index in [0.29, 0.717) is 5.76 Å². The number of hydrogen-bond acceptors (Lipinski definition) is 5. The van der Waals surface area contributed by atoms with Crippen LogP contribution in [-0.4, -0.2) is 28.5 Å². The van der Waals surface area contributed by atoms with Gasteiger partial charge in [0.2, 0.25) is 11.8 Å². The number of carbonyl (C=O) groups is 4. The minimum atomic E-state index is -1.02. The first-order valence-corrected chi connectivity index (χ1v) is 8.91. The molecule has 0 saturated carbocycles. The maximum absolute atomic E-state index is 12.3. The molecule has 3 N–H and O–H groups in total. The average Bonchev–Trinajstić information content (AvgIpc) is 3.23. The Morgan fingerprint density at radius 2 is 1.83 bits per heavy atom. The zero-order chi connectivity index (χ0) is 20.8. The van der Waals surface area contributed by atoms with E-state index in [2.05, 4.69) is 16.2 Å². The summed E-state index contributed by atoms with van der Waals surface area (Å²) in [5.41, 5.74) is 6.01. The van der Waals surface area contributed by atoms with E-state index in [4.69, 9.17) is 4.42 Å². The third-order valence-corrected chi connectivity index (χ3v) is 4.37. The standard InChI is InChI=1S/C20H20N4O5/c1-13(25)24-9-8-14-5-2-3-7-16(14)17(24)11-18(26)22-23-20(28)19(27)21-12-15-6-4-10-29-15/h2-10,17H,11-12H2,1H3,(H,21,27)(H,22,26)(H,23,28)/t17-/m1/s1. The molecule has 1 aromatic heterocycles. The van der Waals surface area contributed by atoms with Crippen molar-refractivity contribution in [2.75, 3.05) is 0 Å². The lowest BCUT2D eigenvalue weighted by molar-refractivity contribution is -0.141. The van der Waals surface area contributed by atoms with Gasteiger partial charge < -0.3 is 14.6 Å². The summed E-state index contributed by atoms with van der Waals surface area (Å²) in [6.45, 7) is 1.46. The maximum atomic E-state index is 12.3. The number of benzene rings is 1. The van der Waals surface area contributed by atoms with Crippen LogP contribution in [0.5, 0.6) is 0 Å². The molecular formula is C20H20N4O5. The molecule has 3 rings (SSSR count). The zero-order valence-electron chi connectivity index (χ0n) is 15.7. The van der Waals surface area contributed by atoms with E-state index >= 15 is 0 Å². The van der Waals surface area contributed by atoms with Crippen molar-refractivity contribution in [1.29, 1.82) is 0 Å². The molecule has 29 heavy (non-hydrogen) atoms. The molecule has 0 spiro atoms. The summed E-state index contributed by atoms with van der Waals surface area (Å²) in [7, 11) is 0. The van der Waals surface area contributed by atoms with E-state index < -0.39 is 23.8 Å². The number of hydrogen-bond donors (Lipinski definition) is 3. The second-order valence-electron chi connectivity index (χ2n) is 6.36. The van der Waals surface area contributed by atoms with Crippen molar-refractivity contribution < 1.29 is 23.6 Å². The summed E-state index contributed by atoms with van der Waals surface area (Å²) in [6.07, 6.45) is 4.79. The van der Waals surface area contributed by atoms with E-state index in [1.165, 1.54) is 18.1 Å². The maximum Gasteiger partial charge on any atom is 0.327 e. The van der Waals surface area contributed by atoms with Gasteiger partial charge in [-0.15, -0.1) is 0 Å². The Morgan fingerprint density at radius 1 is 1.03 bits per heavy atom. The van der Waals surface area contributed by atoms with Crippen molar-refractivity contribution in [3.8, 4) is 0 Å². The molecule has 0 bridgehead atoms. The summed E-state index contributed by atoms with van der Waals surface area (Å²) >= 11 is 0. The molecule has 150 valence electrons. The highest BCUT2D eigenvalue weighted by atomic mass is 16.3. The lowest BCUT2D eigenvalue weighted by Crippen LogP contribution is -2.49. The third kappa shape index (κ3) is 4.89. The molecule has 0 fully saturated rings. The van der Waals surface area contributed by atoms with E-state index in [0.717, 1.165) is 11.1 Å². The molecule has 0 radical (unpaired) electrons. The molecule has 0 unspecified atom stereocenters. The van der Waals surface area contributed by atoms with Crippen molar-refractivity contribution in [3.63, 3.8) is 0 Å². The number of nitrogens with one attached hydrogen (secondary N) is 3. The van der Waals surface area contributed by atoms with Gasteiger partial charge in [-0.3, -0.25) is 30.0 Å². The minimum Gasteiger partial charge on any atom is -0.467 e. The Kier molecular flexibility index (Phi) is 6.08. The van der Waals surface area contributed by atoms with Crippen LogP contribution in [-0.2, 0) is 25.7 Å². The molecular weight excluding hydrogens is 376 g/mol. The molecule has 0 saturated heterocycles. The highest BCUT2D eigenvalue weighted by Gasteiger charge is 2.28. The van der Waals surface area contributed by atoms with Gasteiger partial charge in [0.15, 0.2) is 0 Å². The van der Waals surface area contributed by atoms with Gasteiger partial charge in [-0.05, 0) is 29.3 Å². The largest absolute Gasteiger partial charge is 0.467 e. The van der Waals surface area contributed by atoms with Gasteiger partial charge in [0.25, 0.3) is 0 Å². The van der Waals surface area contributed by atoms with Gasteiger partial charge in [-0.25, -0.2) is 0 Å². The molecule has 4 amide bonds. The number of carbonyl (C=O) groups excluding carboxylic acids is 4. The summed E-state index contributed by atoms with van der Waals surface area (Å²) in [4.78, 5) is 49.3. The van der Waals surface area contributed by atoms with E-state index in [1.807, 2.05) is 24.3 Å². The Bertz CT molecular complexity index is 952. The number of nitrogens with zero attached hydrogens (tertiary/aromatic N) is 1. The van der Waals surface area contributed by atoms with Crippen molar-refractivity contribution in [2.45, 2.75) is 25.9 Å². The van der Waals surface area contributed by atoms with E-state index in [9.17, 15) is 19.2 Å². The number of furan rings is 1. The number of amides is 4. The molecule has 0 aliphatic carbocycles. The van der Waals surface area contributed by atoms with Gasteiger partial charge >= 0.3 is 11.8 Å². The van der Waals surface area contributed by atoms with E-state index in [-0.39, 0.29) is 18.9 Å². The monoisotopic (exact) mass is 396 g/mol. The van der Waals surface area contributed by atoms with Crippen molar-refractivity contribution in [3.05, 3.63) is 65.7 Å². The van der Waals surface area contributed by atoms with Gasteiger partial charge in [0.1, 0.15) is 5.76 Å². The average molecular weight is 396 g/mol. The Labute approximate surface area is 166 Å². The quantitative estimate of drug-likeness (QED) is 0.526. The normalized spacial score (nSPS) is 14.7. The lowest BCUT2D eigenvalue weighted by Gasteiger charge is -2.32. The third-order valence-electron chi connectivity index (χ3n) is 4.37. The molecule has 1 aliphatic rings. The first-order chi connectivity index (χ1) is 14.0. The fourth-order valence-corrected chi connectivity index (χ4v) is 2.98. The van der Waals surface area contributed by atoms with Gasteiger partial charge in [0.05, 0.1) is 25.3 Å². The SMILES string of the molecule is CC(=O)N1C=Cc2ccccc2[C@H]1CC(=O)NNC(=O)C(=O)NCc1ccco1. The van der Waals surface area contributed by atoms with Crippen molar-refractivity contribution in [2.24, 2.45) is 0 Å². The second kappa shape index (κ2) is 8.87. The molecule has 1 aliphatic heterocycles. The topological polar surface area (TPSA) is 121 Å². The van der Waals surface area contributed by atoms with Crippen LogP contribution in [0.2, 0.25) is 0 Å². The minimum absolute atomic E-state index is 0.0476. The Morgan fingerprint density at radius 3 is 2.55 bits per heavy atom. The molecule has 2 aromatic rings. The Hall–Kier alpha value is -3.88. The van der Waals surface area contributed by atoms with Gasteiger partial charge in [-0.2, -0.15) is 0 Å². The fourth-order valence-electron chi connectivity index (χ4n) is 2.98. The summed E-state index contributed by atoms with van der Waals surface area (Å²) in [5, 5.41) is 2.37. The predicted molar refractivity (Wildman–Crippen MR) is 102 cm³/mol. The van der Waals surface area contributed by atoms with Crippen LogP contribution in [0, 0.1) is 0 Å². The Balaban J connectivity index is 1.55. The summed E-state index contributed by atoms with van der Waals surface area (Å²) in [6, 6.07) is 10.2. The van der Waals surface area contributed by atoms with Crippen LogP contribution < -0.4 is 16.2 Å². The second-order valence-corrected chi connectivity index (χ2v) is 6.36. The number of rotatable bonds is 4. The molecule has 9 heteroatoms. The van der Waals surface area contributed by atoms with Crippen LogP contribution in [0.3, 0.4) is 0 Å². The molecule has 1 atom stereocenters. The van der Waals surface area contributed by atoms with Crippen LogP contribution in [0.1, 0.15) is 36.3 Å². The van der Waals surface area contributed by atoms with Crippen LogP contribution >= 0.6 is 0 Å². The van der Waals surface area contributed by atoms with Crippen LogP contribution in [0.25, 0.3) is 6.08 Å². The van der Waals surface area contributed by atoms with Crippen LogP contribution in [0.4, 0.5) is 0 Å². The van der Waals surface area contributed by atoms with Crippen LogP contribution in [0.15, 0.2) is 53.3 Å². The molecule has 2 heterocycles. The molecule has 9 nitrogen and oxygen atoms in total. The van der Waals surface area contributed by atoms with Gasteiger partial charge in [0, 0.05) is 13.1 Å². The van der Waals surface area contributed by atoms with Crippen molar-refractivity contribution in [1.82, 2.24) is 21.1 Å². The lowest BCUT2D eigenvalue weighted by atomic mass is 9.93. The summed E-state index contributed by atoms with van der Waals surface area (Å²) < 4.78 is 5.05. The fraction of sp³-hybridized carbons (Fsp3) is 0.200. The smallest absolute Gasteiger partial charge is 0.327 e. The highest BCUT2D eigenvalue weighted by molar-refractivity contribution is 6.35. The summed E-state index contributed by atoms with van der Waals surface area (Å²) in [5.74, 6) is -2.20. The van der Waals surface area contributed by atoms with E-state index in [1.54, 1.807) is 24.4 Å². The zero-order valence-corrected chi connectivity index (χ0v) is 15.7. The first-order valence-electron chi connectivity index (χ1n) is 8.91. The molecule has 1 aromatic carbocycles.